The number of hydrazine groups is 1. The fraction of sp³-hybridized carbons (Fsp3) is 0.583. The highest BCUT2D eigenvalue weighted by Gasteiger charge is 2.11. The van der Waals surface area contributed by atoms with E-state index in [9.17, 15) is 0 Å². The first-order valence-corrected chi connectivity index (χ1v) is 6.12. The van der Waals surface area contributed by atoms with Crippen molar-refractivity contribution in [3.8, 4) is 0 Å². The summed E-state index contributed by atoms with van der Waals surface area (Å²) < 4.78 is 5.21. The molecular weight excluding hydrogens is 238 g/mol. The lowest BCUT2D eigenvalue weighted by Crippen LogP contribution is -2.37. The maximum Gasteiger partial charge on any atom is 0.0621 e. The second-order valence-electron chi connectivity index (χ2n) is 4.16. The number of methoxy groups -OCH3 is 1. The Morgan fingerprint density at radius 3 is 2.88 bits per heavy atom. The van der Waals surface area contributed by atoms with E-state index < -0.39 is 0 Å². The number of nitrogens with zero attached hydrogens (tertiary/aromatic N) is 1. The molecule has 2 atom stereocenters. The average molecular weight is 258 g/mol. The van der Waals surface area contributed by atoms with E-state index in [1.54, 1.807) is 19.5 Å². The quantitative estimate of drug-likeness (QED) is 0.579. The molecule has 0 saturated carbocycles. The summed E-state index contributed by atoms with van der Waals surface area (Å²) in [5, 5.41) is 0.688. The van der Waals surface area contributed by atoms with Gasteiger partial charge in [-0.3, -0.25) is 16.3 Å². The molecule has 0 spiro atoms. The third kappa shape index (κ3) is 5.00. The Kier molecular flexibility index (Phi) is 6.44. The molecule has 0 aromatic carbocycles. The summed E-state index contributed by atoms with van der Waals surface area (Å²) in [6, 6.07) is 2.12. The van der Waals surface area contributed by atoms with Crippen LogP contribution in [0.1, 0.15) is 25.3 Å². The molecular formula is C12H20ClN3O. The Hall–Kier alpha value is -0.680. The lowest BCUT2D eigenvalue weighted by atomic mass is 10.0. The van der Waals surface area contributed by atoms with Gasteiger partial charge >= 0.3 is 0 Å². The van der Waals surface area contributed by atoms with Gasteiger partial charge in [-0.1, -0.05) is 11.6 Å². The number of rotatable bonds is 7. The lowest BCUT2D eigenvalue weighted by molar-refractivity contribution is 0.106. The number of nitrogens with one attached hydrogen (secondary N) is 1. The fourth-order valence-corrected chi connectivity index (χ4v) is 1.83. The van der Waals surface area contributed by atoms with Gasteiger partial charge in [-0.05, 0) is 37.8 Å². The third-order valence-electron chi connectivity index (χ3n) is 2.88. The summed E-state index contributed by atoms with van der Waals surface area (Å²) in [6.07, 6.45) is 6.36. The van der Waals surface area contributed by atoms with Crippen molar-refractivity contribution in [3.63, 3.8) is 0 Å². The highest BCUT2D eigenvalue weighted by Crippen LogP contribution is 2.17. The van der Waals surface area contributed by atoms with Gasteiger partial charge in [0.25, 0.3) is 0 Å². The van der Waals surface area contributed by atoms with E-state index in [1.807, 2.05) is 13.0 Å². The highest BCUT2D eigenvalue weighted by atomic mass is 35.5. The van der Waals surface area contributed by atoms with Crippen molar-refractivity contribution in [1.82, 2.24) is 10.4 Å². The van der Waals surface area contributed by atoms with E-state index in [0.29, 0.717) is 5.02 Å². The van der Waals surface area contributed by atoms with E-state index in [0.717, 1.165) is 24.8 Å². The summed E-state index contributed by atoms with van der Waals surface area (Å²) in [4.78, 5) is 3.96. The normalized spacial score (nSPS) is 14.6. The number of hydrogen-bond acceptors (Lipinski definition) is 4. The summed E-state index contributed by atoms with van der Waals surface area (Å²) in [6.45, 7) is 2.05. The number of pyridine rings is 1. The van der Waals surface area contributed by atoms with Gasteiger partial charge in [0.1, 0.15) is 0 Å². The molecule has 4 nitrogen and oxygen atoms in total. The molecule has 0 saturated heterocycles. The monoisotopic (exact) mass is 257 g/mol. The third-order valence-corrected chi connectivity index (χ3v) is 3.22. The largest absolute Gasteiger partial charge is 0.382 e. The molecule has 0 fully saturated rings. The number of nitrogens with two attached hydrogens (primary N) is 1. The topological polar surface area (TPSA) is 60.2 Å². The molecule has 0 radical (unpaired) electrons. The minimum absolute atomic E-state index is 0.201. The van der Waals surface area contributed by atoms with Crippen molar-refractivity contribution in [2.45, 2.75) is 38.3 Å². The number of aromatic nitrogens is 1. The van der Waals surface area contributed by atoms with Crippen LogP contribution in [0.15, 0.2) is 18.5 Å². The Morgan fingerprint density at radius 2 is 2.29 bits per heavy atom. The van der Waals surface area contributed by atoms with Gasteiger partial charge in [0.15, 0.2) is 0 Å². The molecule has 0 aliphatic carbocycles. The van der Waals surface area contributed by atoms with Crippen LogP contribution < -0.4 is 11.3 Å². The molecule has 1 aromatic heterocycles. The van der Waals surface area contributed by atoms with Gasteiger partial charge < -0.3 is 4.74 Å². The molecule has 5 heteroatoms. The molecule has 0 aliphatic rings. The van der Waals surface area contributed by atoms with Crippen LogP contribution in [-0.2, 0) is 11.2 Å². The molecule has 96 valence electrons. The van der Waals surface area contributed by atoms with Gasteiger partial charge in [-0.25, -0.2) is 0 Å². The molecule has 2 unspecified atom stereocenters. The van der Waals surface area contributed by atoms with E-state index >= 15 is 0 Å². The van der Waals surface area contributed by atoms with Crippen LogP contribution in [-0.4, -0.2) is 24.2 Å². The van der Waals surface area contributed by atoms with Crippen LogP contribution in [0.4, 0.5) is 0 Å². The molecule has 0 aliphatic heterocycles. The summed E-state index contributed by atoms with van der Waals surface area (Å²) in [5.41, 5.74) is 3.89. The first-order chi connectivity index (χ1) is 8.17. The maximum absolute atomic E-state index is 6.06. The minimum Gasteiger partial charge on any atom is -0.382 e. The van der Waals surface area contributed by atoms with Crippen molar-refractivity contribution in [1.29, 1.82) is 0 Å². The van der Waals surface area contributed by atoms with Crippen LogP contribution in [0.5, 0.6) is 0 Å². The Labute approximate surface area is 107 Å². The predicted molar refractivity (Wildman–Crippen MR) is 69.8 cm³/mol. The van der Waals surface area contributed by atoms with Gasteiger partial charge in [0, 0.05) is 25.5 Å². The van der Waals surface area contributed by atoms with E-state index in [2.05, 4.69) is 10.4 Å². The second kappa shape index (κ2) is 7.61. The first-order valence-electron chi connectivity index (χ1n) is 5.74. The highest BCUT2D eigenvalue weighted by molar-refractivity contribution is 6.31. The van der Waals surface area contributed by atoms with E-state index in [4.69, 9.17) is 22.2 Å². The molecule has 0 amide bonds. The molecule has 1 rings (SSSR count). The van der Waals surface area contributed by atoms with E-state index in [1.165, 1.54) is 0 Å². The van der Waals surface area contributed by atoms with Gasteiger partial charge in [0.05, 0.1) is 11.1 Å². The molecule has 1 heterocycles. The molecule has 0 bridgehead atoms. The van der Waals surface area contributed by atoms with Gasteiger partial charge in [-0.2, -0.15) is 0 Å². The van der Waals surface area contributed by atoms with Crippen LogP contribution in [0.2, 0.25) is 5.02 Å². The predicted octanol–water partition coefficient (Wildman–Crippen LogP) is 1.92. The van der Waals surface area contributed by atoms with Gasteiger partial charge in [0.2, 0.25) is 0 Å². The van der Waals surface area contributed by atoms with Crippen molar-refractivity contribution >= 4 is 11.6 Å². The lowest BCUT2D eigenvalue weighted by Gasteiger charge is -2.18. The van der Waals surface area contributed by atoms with Crippen LogP contribution >= 0.6 is 11.6 Å². The zero-order valence-electron chi connectivity index (χ0n) is 10.3. The van der Waals surface area contributed by atoms with Crippen LogP contribution in [0.25, 0.3) is 0 Å². The zero-order chi connectivity index (χ0) is 12.7. The minimum atomic E-state index is 0.201. The Bertz CT molecular complexity index is 335. The summed E-state index contributed by atoms with van der Waals surface area (Å²) in [5.74, 6) is 5.55. The summed E-state index contributed by atoms with van der Waals surface area (Å²) >= 11 is 6.06. The fourth-order valence-electron chi connectivity index (χ4n) is 1.63. The summed E-state index contributed by atoms with van der Waals surface area (Å²) in [7, 11) is 1.72. The van der Waals surface area contributed by atoms with Crippen molar-refractivity contribution in [3.05, 3.63) is 29.0 Å². The maximum atomic E-state index is 6.06. The zero-order valence-corrected chi connectivity index (χ0v) is 11.1. The van der Waals surface area contributed by atoms with Crippen LogP contribution in [0.3, 0.4) is 0 Å². The molecule has 17 heavy (non-hydrogen) atoms. The average Bonchev–Trinajstić information content (AvgIpc) is 2.36. The van der Waals surface area contributed by atoms with E-state index in [-0.39, 0.29) is 12.1 Å². The number of hydrogen-bond donors (Lipinski definition) is 2. The smallest absolute Gasteiger partial charge is 0.0621 e. The Morgan fingerprint density at radius 1 is 1.53 bits per heavy atom. The first kappa shape index (κ1) is 14.4. The van der Waals surface area contributed by atoms with Crippen molar-refractivity contribution in [2.24, 2.45) is 5.84 Å². The number of halogens is 1. The molecule has 3 N–H and O–H groups in total. The molecule has 1 aromatic rings. The number of ether oxygens (including phenoxy) is 1. The van der Waals surface area contributed by atoms with Gasteiger partial charge in [-0.15, -0.1) is 0 Å². The second-order valence-corrected chi connectivity index (χ2v) is 4.57. The standard InChI is InChI=1S/C12H20ClN3O/c1-9(17-2)3-4-11(16-14)7-10-5-6-15-8-12(10)13/h5-6,8-9,11,16H,3-4,7,14H2,1-2H3. The van der Waals surface area contributed by atoms with Crippen LogP contribution in [0, 0.1) is 0 Å². The Balaban J connectivity index is 2.49. The van der Waals surface area contributed by atoms with Crippen molar-refractivity contribution in [2.75, 3.05) is 7.11 Å². The van der Waals surface area contributed by atoms with Crippen molar-refractivity contribution < 1.29 is 4.74 Å². The SMILES string of the molecule is COC(C)CCC(Cc1ccncc1Cl)NN.